The summed E-state index contributed by atoms with van der Waals surface area (Å²) in [6.07, 6.45) is -5.85. The Labute approximate surface area is 97.1 Å². The van der Waals surface area contributed by atoms with Crippen molar-refractivity contribution in [3.8, 4) is 0 Å². The summed E-state index contributed by atoms with van der Waals surface area (Å²) < 4.78 is 38.5. The first-order valence-electron chi connectivity index (χ1n) is 5.02. The number of ketones is 1. The normalized spacial score (nSPS) is 15.4. The van der Waals surface area contributed by atoms with Crippen molar-refractivity contribution in [1.82, 2.24) is 0 Å². The molecule has 0 aliphatic heterocycles. The third kappa shape index (κ3) is 2.85. The zero-order chi connectivity index (χ0) is 13.3. The molecule has 2 nitrogen and oxygen atoms in total. The van der Waals surface area contributed by atoms with Gasteiger partial charge in [0, 0.05) is 6.42 Å². The van der Waals surface area contributed by atoms with Gasteiger partial charge >= 0.3 is 6.18 Å². The number of hydrogen-bond acceptors (Lipinski definition) is 2. The predicted octanol–water partition coefficient (Wildman–Crippen LogP) is 2.72. The van der Waals surface area contributed by atoms with E-state index in [9.17, 15) is 23.1 Å². The topological polar surface area (TPSA) is 37.3 Å². The molecule has 1 atom stereocenters. The summed E-state index contributed by atoms with van der Waals surface area (Å²) in [5.41, 5.74) is -2.64. The molecule has 0 aliphatic carbocycles. The minimum absolute atomic E-state index is 0.314. The Morgan fingerprint density at radius 1 is 1.24 bits per heavy atom. The number of halogens is 3. The zero-order valence-electron chi connectivity index (χ0n) is 9.51. The highest BCUT2D eigenvalue weighted by atomic mass is 19.4. The lowest BCUT2D eigenvalue weighted by Crippen LogP contribution is -2.43. The molecular weight excluding hydrogens is 233 g/mol. The zero-order valence-corrected chi connectivity index (χ0v) is 9.51. The lowest BCUT2D eigenvalue weighted by molar-refractivity contribution is -0.267. The van der Waals surface area contributed by atoms with Crippen LogP contribution in [0.3, 0.4) is 0 Å². The molecule has 0 heterocycles. The van der Waals surface area contributed by atoms with Crippen molar-refractivity contribution < 1.29 is 23.1 Å². The SMILES string of the molecule is CC(=O)CC(O)(c1ccc(C)cc1)C(F)(F)F. The Morgan fingerprint density at radius 2 is 1.71 bits per heavy atom. The molecule has 0 aliphatic rings. The number of carbonyl (C=O) groups excluding carboxylic acids is 1. The van der Waals surface area contributed by atoms with Crippen LogP contribution < -0.4 is 0 Å². The van der Waals surface area contributed by atoms with Crippen molar-refractivity contribution in [1.29, 1.82) is 0 Å². The summed E-state index contributed by atoms with van der Waals surface area (Å²) >= 11 is 0. The fourth-order valence-corrected chi connectivity index (χ4v) is 1.56. The van der Waals surface area contributed by atoms with E-state index in [-0.39, 0.29) is 5.56 Å². The molecule has 0 radical (unpaired) electrons. The molecular formula is C12H13F3O2. The number of aryl methyl sites for hydroxylation is 1. The van der Waals surface area contributed by atoms with Crippen molar-refractivity contribution in [2.45, 2.75) is 32.0 Å². The van der Waals surface area contributed by atoms with E-state index in [1.54, 1.807) is 6.92 Å². The lowest BCUT2D eigenvalue weighted by atomic mass is 9.88. The molecule has 1 aromatic rings. The molecule has 5 heteroatoms. The molecule has 0 aromatic heterocycles. The standard InChI is InChI=1S/C12H13F3O2/c1-8-3-5-10(6-4-8)11(17,7-9(2)16)12(13,14)15/h3-6,17H,7H2,1-2H3. The second-order valence-electron chi connectivity index (χ2n) is 4.10. The van der Waals surface area contributed by atoms with Gasteiger partial charge in [0.25, 0.3) is 0 Å². The maximum Gasteiger partial charge on any atom is 0.421 e. The first kappa shape index (κ1) is 13.7. The van der Waals surface area contributed by atoms with E-state index in [4.69, 9.17) is 0 Å². The van der Waals surface area contributed by atoms with Gasteiger partial charge in [-0.3, -0.25) is 4.79 Å². The van der Waals surface area contributed by atoms with Crippen LogP contribution in [0.4, 0.5) is 13.2 Å². The van der Waals surface area contributed by atoms with Crippen molar-refractivity contribution in [2.75, 3.05) is 0 Å². The van der Waals surface area contributed by atoms with E-state index in [0.717, 1.165) is 12.5 Å². The first-order chi connectivity index (χ1) is 7.67. The molecule has 0 fully saturated rings. The van der Waals surface area contributed by atoms with Gasteiger partial charge in [-0.1, -0.05) is 29.8 Å². The molecule has 0 spiro atoms. The van der Waals surface area contributed by atoms with Gasteiger partial charge in [-0.15, -0.1) is 0 Å². The predicted molar refractivity (Wildman–Crippen MR) is 56.4 cm³/mol. The third-order valence-corrected chi connectivity index (χ3v) is 2.50. The van der Waals surface area contributed by atoms with Crippen molar-refractivity contribution in [2.24, 2.45) is 0 Å². The van der Waals surface area contributed by atoms with Crippen LogP contribution in [0.15, 0.2) is 24.3 Å². The highest BCUT2D eigenvalue weighted by Gasteiger charge is 2.55. The Balaban J connectivity index is 3.24. The van der Waals surface area contributed by atoms with E-state index >= 15 is 0 Å². The van der Waals surface area contributed by atoms with E-state index in [1.807, 2.05) is 0 Å². The van der Waals surface area contributed by atoms with Crippen LogP contribution in [-0.4, -0.2) is 17.1 Å². The van der Waals surface area contributed by atoms with Gasteiger partial charge in [0.15, 0.2) is 5.60 Å². The van der Waals surface area contributed by atoms with Crippen LogP contribution in [0.1, 0.15) is 24.5 Å². The fourth-order valence-electron chi connectivity index (χ4n) is 1.56. The Bertz CT molecular complexity index is 409. The largest absolute Gasteiger partial charge is 0.421 e. The van der Waals surface area contributed by atoms with Crippen LogP contribution in [0.25, 0.3) is 0 Å². The number of benzene rings is 1. The van der Waals surface area contributed by atoms with Crippen molar-refractivity contribution >= 4 is 5.78 Å². The number of Topliss-reactive ketones (excluding diaryl/α,β-unsaturated/α-hetero) is 1. The average Bonchev–Trinajstić information content (AvgIpc) is 2.15. The fraction of sp³-hybridized carbons (Fsp3) is 0.417. The Morgan fingerprint density at radius 3 is 2.06 bits per heavy atom. The van der Waals surface area contributed by atoms with Crippen molar-refractivity contribution in [3.05, 3.63) is 35.4 Å². The maximum absolute atomic E-state index is 12.8. The number of alkyl halides is 3. The quantitative estimate of drug-likeness (QED) is 0.890. The minimum Gasteiger partial charge on any atom is -0.376 e. The van der Waals surface area contributed by atoms with Gasteiger partial charge in [0.1, 0.15) is 5.78 Å². The van der Waals surface area contributed by atoms with E-state index in [1.165, 1.54) is 24.3 Å². The molecule has 1 N–H and O–H groups in total. The Kier molecular flexibility index (Phi) is 3.62. The highest BCUT2D eigenvalue weighted by Crippen LogP contribution is 2.41. The van der Waals surface area contributed by atoms with Gasteiger partial charge in [0.05, 0.1) is 0 Å². The second-order valence-corrected chi connectivity index (χ2v) is 4.10. The molecule has 0 bridgehead atoms. The number of rotatable bonds is 3. The van der Waals surface area contributed by atoms with Crippen LogP contribution in [0, 0.1) is 6.92 Å². The van der Waals surface area contributed by atoms with E-state index < -0.39 is 24.0 Å². The maximum atomic E-state index is 12.8. The first-order valence-corrected chi connectivity index (χ1v) is 5.02. The summed E-state index contributed by atoms with van der Waals surface area (Å²) in [4.78, 5) is 10.9. The molecule has 0 amide bonds. The van der Waals surface area contributed by atoms with Crippen LogP contribution in [0.2, 0.25) is 0 Å². The Hall–Kier alpha value is -1.36. The van der Waals surface area contributed by atoms with Gasteiger partial charge in [-0.25, -0.2) is 0 Å². The summed E-state index contributed by atoms with van der Waals surface area (Å²) in [5, 5.41) is 9.73. The summed E-state index contributed by atoms with van der Waals surface area (Å²) in [6, 6.07) is 5.30. The van der Waals surface area contributed by atoms with Gasteiger partial charge in [0.2, 0.25) is 0 Å². The number of hydrogen-bond donors (Lipinski definition) is 1. The van der Waals surface area contributed by atoms with Gasteiger partial charge < -0.3 is 5.11 Å². The monoisotopic (exact) mass is 246 g/mol. The third-order valence-electron chi connectivity index (χ3n) is 2.50. The molecule has 0 saturated carbocycles. The smallest absolute Gasteiger partial charge is 0.376 e. The summed E-state index contributed by atoms with van der Waals surface area (Å²) in [5.74, 6) is -0.717. The van der Waals surface area contributed by atoms with E-state index in [2.05, 4.69) is 0 Å². The molecule has 1 unspecified atom stereocenters. The van der Waals surface area contributed by atoms with Gasteiger partial charge in [-0.2, -0.15) is 13.2 Å². The van der Waals surface area contributed by atoms with Crippen molar-refractivity contribution in [3.63, 3.8) is 0 Å². The second kappa shape index (κ2) is 4.49. The average molecular weight is 246 g/mol. The summed E-state index contributed by atoms with van der Waals surface area (Å²) in [6.45, 7) is 2.74. The van der Waals surface area contributed by atoms with E-state index in [0.29, 0.717) is 0 Å². The molecule has 0 saturated heterocycles. The molecule has 94 valence electrons. The van der Waals surface area contributed by atoms with Gasteiger partial charge in [-0.05, 0) is 19.4 Å². The summed E-state index contributed by atoms with van der Waals surface area (Å²) in [7, 11) is 0. The number of aliphatic hydroxyl groups is 1. The molecule has 1 rings (SSSR count). The van der Waals surface area contributed by atoms with Crippen LogP contribution >= 0.6 is 0 Å². The minimum atomic E-state index is -4.88. The lowest BCUT2D eigenvalue weighted by Gasteiger charge is -2.30. The molecule has 17 heavy (non-hydrogen) atoms. The van der Waals surface area contributed by atoms with Crippen LogP contribution in [0.5, 0.6) is 0 Å². The highest BCUT2D eigenvalue weighted by molar-refractivity contribution is 5.77. The van der Waals surface area contributed by atoms with Crippen LogP contribution in [-0.2, 0) is 10.4 Å². The number of carbonyl (C=O) groups is 1. The molecule has 1 aromatic carbocycles.